The number of nitrogens with one attached hydrogen (secondary N) is 9. The Labute approximate surface area is 586 Å². The number of carbonyl (C=O) groups is 12. The maximum atomic E-state index is 14.8. The molecule has 0 aromatic heterocycles. The molecule has 0 bridgehead atoms. The van der Waals surface area contributed by atoms with Crippen LogP contribution in [0.1, 0.15) is 135 Å². The molecule has 0 aliphatic carbocycles. The molecule has 0 saturated carbocycles. The average molecular weight is 1440 g/mol. The minimum absolute atomic E-state index is 0.00226. The third kappa shape index (κ3) is 38.1. The van der Waals surface area contributed by atoms with Crippen molar-refractivity contribution in [2.75, 3.05) is 58.9 Å². The molecule has 1 fully saturated rings. The maximum absolute atomic E-state index is 14.8. The van der Waals surface area contributed by atoms with Crippen molar-refractivity contribution < 1.29 is 62.6 Å². The number of guanidine groups is 5. The largest absolute Gasteiger partial charge is 0.391 e. The van der Waals surface area contributed by atoms with E-state index in [1.807, 2.05) is 0 Å². The zero-order valence-electron chi connectivity index (χ0n) is 57.5. The number of carbonyl (C=O) groups excluding carboxylic acids is 12. The van der Waals surface area contributed by atoms with Gasteiger partial charge in [-0.15, -0.1) is 0 Å². The molecular weight excluding hydrogens is 1320 g/mol. The Hall–Kier alpha value is -10.2. The molecule has 11 atom stereocenters. The molecule has 0 aromatic carbocycles. The highest BCUT2D eigenvalue weighted by molar-refractivity contribution is 5.99. The Morgan fingerprint density at radius 1 is 0.396 bits per heavy atom. The summed E-state index contributed by atoms with van der Waals surface area (Å²) >= 11 is 0. The standard InChI is InChI=1S/C58H112N30O13/c1-31(89)43(63)53(101)88-29-11-19-40(88)52(100)87-38(18-10-28-78-58(72)73)50(98)86-39(20-21-41(61)90)51(99)85-37(17-9-27-77-57(70)71)49(97)84-36(16-8-26-76-56(68)69)48(96)83-35(15-7-25-75-55(66)67)47(95)82-34(13-3-5-23-60)46(94)81-33(12-2-4-22-59)45(93)80-32(14-6-24-74-54(64)65)44(92)79-30-42(62)91/h31-40,43,89H,2-30,59-60,63H2,1H3,(H2,61,90)(H2,62,91)(H,79,92)(H,80,93)(H,81,94)(H,82,95)(H,83,96)(H,84,97)(H,85,99)(H,86,98)(H,87,100)(H4,64,65,74)(H4,66,67,75)(H4,68,69,76)(H4,70,71,77)(H4,72,73,78)/t31-,32+,33+,34+,35+,36+,37+,38+,39+,40+,43+/m1/s1. The fourth-order valence-corrected chi connectivity index (χ4v) is 10.1. The summed E-state index contributed by atoms with van der Waals surface area (Å²) in [5.74, 6) is -12.1. The van der Waals surface area contributed by atoms with E-state index in [1.54, 1.807) is 0 Å². The van der Waals surface area contributed by atoms with Gasteiger partial charge >= 0.3 is 0 Å². The molecule has 1 saturated heterocycles. The predicted molar refractivity (Wildman–Crippen MR) is 376 cm³/mol. The molecule has 0 aromatic rings. The predicted octanol–water partition coefficient (Wildman–Crippen LogP) is -12.0. The lowest BCUT2D eigenvalue weighted by Crippen LogP contribution is -2.60. The summed E-state index contributed by atoms with van der Waals surface area (Å²) in [6.45, 7) is 1.09. The van der Waals surface area contributed by atoms with Gasteiger partial charge in [0.25, 0.3) is 0 Å². The monoisotopic (exact) mass is 1440 g/mol. The highest BCUT2D eigenvalue weighted by Crippen LogP contribution is 2.20. The zero-order chi connectivity index (χ0) is 76.1. The molecule has 572 valence electrons. The molecule has 0 radical (unpaired) electrons. The van der Waals surface area contributed by atoms with Crippen molar-refractivity contribution in [2.45, 2.75) is 202 Å². The van der Waals surface area contributed by atoms with Crippen LogP contribution in [0.25, 0.3) is 0 Å². The van der Waals surface area contributed by atoms with Crippen LogP contribution in [0.5, 0.6) is 0 Å². The Morgan fingerprint density at radius 2 is 0.673 bits per heavy atom. The van der Waals surface area contributed by atoms with E-state index in [9.17, 15) is 62.6 Å². The summed E-state index contributed by atoms with van der Waals surface area (Å²) in [7, 11) is 0. The van der Waals surface area contributed by atoms with E-state index in [-0.39, 0.29) is 172 Å². The van der Waals surface area contributed by atoms with Crippen molar-refractivity contribution in [3.05, 3.63) is 0 Å². The number of hydrogen-bond donors (Lipinski definition) is 25. The van der Waals surface area contributed by atoms with E-state index in [0.717, 1.165) is 0 Å². The lowest BCUT2D eigenvalue weighted by Gasteiger charge is -2.30. The van der Waals surface area contributed by atoms with Crippen molar-refractivity contribution in [3.8, 4) is 0 Å². The molecule has 101 heavy (non-hydrogen) atoms. The Morgan fingerprint density at radius 3 is 0.941 bits per heavy atom. The fraction of sp³-hybridized carbons (Fsp3) is 0.707. The lowest BCUT2D eigenvalue weighted by atomic mass is 10.0. The van der Waals surface area contributed by atoms with Crippen LogP contribution < -0.4 is 134 Å². The first-order chi connectivity index (χ1) is 47.7. The van der Waals surface area contributed by atoms with Crippen LogP contribution in [0.15, 0.2) is 25.0 Å². The number of aliphatic imine (C=N–C) groups is 5. The van der Waals surface area contributed by atoms with Gasteiger partial charge in [0.05, 0.1) is 12.6 Å². The number of rotatable bonds is 52. The number of unbranched alkanes of at least 4 members (excludes halogenated alkanes) is 2. The van der Waals surface area contributed by atoms with Gasteiger partial charge < -0.3 is 144 Å². The maximum Gasteiger partial charge on any atom is 0.243 e. The summed E-state index contributed by atoms with van der Waals surface area (Å²) in [5.41, 5.74) is 83.8. The van der Waals surface area contributed by atoms with Gasteiger partial charge in [0, 0.05) is 45.7 Å². The quantitative estimate of drug-likeness (QED) is 0.0153. The van der Waals surface area contributed by atoms with Crippen LogP contribution in [-0.2, 0) is 57.5 Å². The third-order valence-electron chi connectivity index (χ3n) is 15.4. The van der Waals surface area contributed by atoms with Crippen LogP contribution in [0.3, 0.4) is 0 Å². The SMILES string of the molecule is C[C@@H](O)[C@H](N)C(=O)N1CCC[C@H]1C(=O)N[C@@H](CCCN=C(N)N)C(=O)N[C@@H](CCC(N)=O)C(=O)N[C@@H](CCCN=C(N)N)C(=O)N[C@@H](CCCN=C(N)N)C(=O)N[C@@H](CCCN=C(N)N)C(=O)N[C@@H](CCCCN)C(=O)N[C@@H](CCCCN)C(=O)N[C@@H](CCCN=C(N)N)C(=O)NCC(N)=O. The number of hydrogen-bond acceptors (Lipinski definition) is 21. The molecule has 43 heteroatoms. The second kappa shape index (κ2) is 49.4. The number of nitrogens with two attached hydrogens (primary N) is 15. The van der Waals surface area contributed by atoms with Gasteiger partial charge in [0.2, 0.25) is 70.9 Å². The highest BCUT2D eigenvalue weighted by atomic mass is 16.3. The topological polar surface area (TPSA) is 789 Å². The van der Waals surface area contributed by atoms with E-state index in [2.05, 4.69) is 72.8 Å². The first-order valence-corrected chi connectivity index (χ1v) is 33.4. The Kier molecular flexibility index (Phi) is 43.4. The minimum atomic E-state index is -1.66. The molecular formula is C58H112N30O13. The summed E-state index contributed by atoms with van der Waals surface area (Å²) in [4.78, 5) is 187. The first-order valence-electron chi connectivity index (χ1n) is 33.4. The molecule has 1 aliphatic rings. The van der Waals surface area contributed by atoms with Gasteiger partial charge in [0.1, 0.15) is 60.4 Å². The fourth-order valence-electron chi connectivity index (χ4n) is 10.1. The van der Waals surface area contributed by atoms with Crippen molar-refractivity contribution >= 4 is 101 Å². The molecule has 1 aliphatic heterocycles. The molecule has 0 unspecified atom stereocenters. The highest BCUT2D eigenvalue weighted by Gasteiger charge is 2.40. The average Bonchev–Trinajstić information content (AvgIpc) is 1.77. The number of amides is 12. The van der Waals surface area contributed by atoms with Gasteiger partial charge in [-0.25, -0.2) is 0 Å². The van der Waals surface area contributed by atoms with Crippen LogP contribution in [-0.4, -0.2) is 236 Å². The van der Waals surface area contributed by atoms with Crippen LogP contribution in [0.2, 0.25) is 0 Å². The normalized spacial score (nSPS) is 15.3. The zero-order valence-corrected chi connectivity index (χ0v) is 57.5. The van der Waals surface area contributed by atoms with Crippen LogP contribution in [0.4, 0.5) is 0 Å². The minimum Gasteiger partial charge on any atom is -0.391 e. The second-order valence-electron chi connectivity index (χ2n) is 23.9. The van der Waals surface area contributed by atoms with Gasteiger partial charge in [-0.05, 0) is 142 Å². The van der Waals surface area contributed by atoms with Gasteiger partial charge in [-0.2, -0.15) is 0 Å². The van der Waals surface area contributed by atoms with Crippen molar-refractivity contribution in [2.24, 2.45) is 111 Å². The van der Waals surface area contributed by atoms with E-state index in [4.69, 9.17) is 86.0 Å². The van der Waals surface area contributed by atoms with Crippen molar-refractivity contribution in [1.29, 1.82) is 0 Å². The first kappa shape index (κ1) is 88.8. The van der Waals surface area contributed by atoms with Crippen LogP contribution >= 0.6 is 0 Å². The summed E-state index contributed by atoms with van der Waals surface area (Å²) in [6, 6.07) is -14.3. The summed E-state index contributed by atoms with van der Waals surface area (Å²) < 4.78 is 0. The van der Waals surface area contributed by atoms with E-state index >= 15 is 0 Å². The number of aliphatic hydroxyl groups is 1. The second-order valence-corrected chi connectivity index (χ2v) is 23.9. The Bertz CT molecular complexity index is 2840. The molecule has 1 heterocycles. The summed E-state index contributed by atoms with van der Waals surface area (Å²) in [6.07, 6.45) is -0.936. The van der Waals surface area contributed by atoms with Gasteiger partial charge in [-0.3, -0.25) is 82.5 Å². The molecule has 12 amide bonds. The molecule has 0 spiro atoms. The number of aliphatic hydroxyl groups excluding tert-OH is 1. The van der Waals surface area contributed by atoms with Crippen LogP contribution in [0, 0.1) is 0 Å². The Balaban J connectivity index is 3.92. The summed E-state index contributed by atoms with van der Waals surface area (Å²) in [5, 5.41) is 33.4. The molecule has 43 nitrogen and oxygen atoms in total. The number of likely N-dealkylation sites (tertiary alicyclic amines) is 1. The third-order valence-corrected chi connectivity index (χ3v) is 15.4. The lowest BCUT2D eigenvalue weighted by molar-refractivity contribution is -0.142. The molecule has 40 N–H and O–H groups in total. The van der Waals surface area contributed by atoms with E-state index in [1.165, 1.54) is 11.8 Å². The smallest absolute Gasteiger partial charge is 0.243 e. The van der Waals surface area contributed by atoms with E-state index < -0.39 is 157 Å². The van der Waals surface area contributed by atoms with Gasteiger partial charge in [0.15, 0.2) is 29.8 Å². The number of nitrogens with zero attached hydrogens (tertiary/aromatic N) is 6. The van der Waals surface area contributed by atoms with Crippen molar-refractivity contribution in [1.82, 2.24) is 52.8 Å². The van der Waals surface area contributed by atoms with Gasteiger partial charge in [-0.1, -0.05) is 0 Å². The van der Waals surface area contributed by atoms with E-state index in [0.29, 0.717) is 25.7 Å². The molecule has 1 rings (SSSR count). The van der Waals surface area contributed by atoms with Crippen molar-refractivity contribution in [3.63, 3.8) is 0 Å². The number of primary amides is 2.